The zero-order valence-electron chi connectivity index (χ0n) is 26.2. The molecule has 1 saturated heterocycles. The number of fused-ring (bicyclic) bond motifs is 2. The van der Waals surface area contributed by atoms with Gasteiger partial charge in [0.15, 0.2) is 0 Å². The van der Waals surface area contributed by atoms with Crippen molar-refractivity contribution in [2.45, 2.75) is 74.5 Å². The van der Waals surface area contributed by atoms with Gasteiger partial charge >= 0.3 is 259 Å². The zero-order valence-corrected chi connectivity index (χ0v) is 31.5. The smallest absolute Gasteiger partial charge is 0.147 e. The summed E-state index contributed by atoms with van der Waals surface area (Å²) in [6.45, 7) is 4.72. The Morgan fingerprint density at radius 1 is 0.545 bits per heavy atom. The Labute approximate surface area is 282 Å². The van der Waals surface area contributed by atoms with Gasteiger partial charge in [-0.15, -0.1) is 24.8 Å². The van der Waals surface area contributed by atoms with Gasteiger partial charge in [-0.2, -0.15) is 0 Å². The molecule has 0 spiro atoms. The van der Waals surface area contributed by atoms with Crippen LogP contribution in [0.15, 0.2) is 108 Å². The Balaban J connectivity index is 0.00000192. The fraction of sp³-hybridized carbons (Fsp3) is 0.317. The van der Waals surface area contributed by atoms with Crippen molar-refractivity contribution >= 4 is 37.0 Å². The first-order valence-electron chi connectivity index (χ1n) is 16.5. The molecule has 4 aromatic rings. The van der Waals surface area contributed by atoms with Gasteiger partial charge < -0.3 is 0 Å². The van der Waals surface area contributed by atoms with Crippen LogP contribution in [0.5, 0.6) is 0 Å². The molecule has 228 valence electrons. The summed E-state index contributed by atoms with van der Waals surface area (Å²) >= 11 is -3.01. The Morgan fingerprint density at radius 2 is 0.977 bits per heavy atom. The van der Waals surface area contributed by atoms with E-state index in [0.717, 1.165) is 7.35 Å². The van der Waals surface area contributed by atoms with Crippen LogP contribution >= 0.6 is 24.8 Å². The van der Waals surface area contributed by atoms with E-state index >= 15 is 0 Å². The maximum absolute atomic E-state index is 3.01. The molecular weight excluding hydrogens is 742 g/mol. The van der Waals surface area contributed by atoms with Gasteiger partial charge in [0.2, 0.25) is 0 Å². The Hall–Kier alpha value is -2.19. The van der Waals surface area contributed by atoms with Crippen LogP contribution in [-0.2, 0) is 20.0 Å². The number of hydrogen-bond acceptors (Lipinski definition) is 0. The molecule has 4 aromatic carbocycles. The summed E-state index contributed by atoms with van der Waals surface area (Å²) in [6.07, 6.45) is 14.5. The van der Waals surface area contributed by atoms with E-state index in [4.69, 9.17) is 0 Å². The summed E-state index contributed by atoms with van der Waals surface area (Å²) < 4.78 is 4.52. The zero-order chi connectivity index (χ0) is 28.5. The van der Waals surface area contributed by atoms with Gasteiger partial charge in [-0.05, 0) is 0 Å². The van der Waals surface area contributed by atoms with Crippen LogP contribution in [0.25, 0.3) is 34.4 Å². The summed E-state index contributed by atoms with van der Waals surface area (Å²) in [5.41, 5.74) is 15.6. The van der Waals surface area contributed by atoms with E-state index in [-0.39, 0.29) is 24.8 Å². The van der Waals surface area contributed by atoms with Crippen molar-refractivity contribution in [2.24, 2.45) is 0 Å². The van der Waals surface area contributed by atoms with Crippen LogP contribution in [0.4, 0.5) is 0 Å². The van der Waals surface area contributed by atoms with Gasteiger partial charge in [0.25, 0.3) is 0 Å². The first-order chi connectivity index (χ1) is 20.7. The number of hydrogen-bond donors (Lipinski definition) is 0. The third-order valence-corrected chi connectivity index (χ3v) is 32.9. The second kappa shape index (κ2) is 14.5. The molecule has 0 N–H and O–H groups in total. The minimum absolute atomic E-state index is 0. The topological polar surface area (TPSA) is 0 Å². The van der Waals surface area contributed by atoms with Crippen molar-refractivity contribution in [1.29, 1.82) is 0 Å². The van der Waals surface area contributed by atoms with E-state index in [9.17, 15) is 0 Å². The van der Waals surface area contributed by atoms with Gasteiger partial charge in [-0.1, -0.05) is 0 Å². The van der Waals surface area contributed by atoms with Gasteiger partial charge in [0.05, 0.1) is 0 Å². The largest absolute Gasteiger partial charge is 0.147 e. The molecule has 0 saturated carbocycles. The molecular formula is C41H46Cl2Hf. The van der Waals surface area contributed by atoms with Crippen molar-refractivity contribution in [3.8, 4) is 22.3 Å². The molecule has 0 radical (unpaired) electrons. The maximum Gasteiger partial charge on any atom is -0.147 e. The van der Waals surface area contributed by atoms with E-state index in [1.54, 1.807) is 41.8 Å². The normalized spacial score (nSPS) is 19.0. The number of benzene rings is 4. The molecule has 2 aliphatic carbocycles. The predicted octanol–water partition coefficient (Wildman–Crippen LogP) is 13.2. The molecule has 2 atom stereocenters. The third kappa shape index (κ3) is 5.78. The van der Waals surface area contributed by atoms with E-state index in [2.05, 4.69) is 123 Å². The van der Waals surface area contributed by atoms with E-state index < -0.39 is 20.0 Å². The molecule has 0 bridgehead atoms. The first-order valence-corrected chi connectivity index (χ1v) is 25.8. The summed E-state index contributed by atoms with van der Waals surface area (Å²) in [6, 6.07) is 36.8. The molecule has 0 amide bonds. The van der Waals surface area contributed by atoms with Crippen molar-refractivity contribution in [2.75, 3.05) is 0 Å². The molecule has 44 heavy (non-hydrogen) atoms. The molecule has 3 aliphatic rings. The van der Waals surface area contributed by atoms with Crippen LogP contribution in [0.3, 0.4) is 0 Å². The Bertz CT molecular complexity index is 1510. The number of unbranched alkanes of at least 4 members (excludes halogenated alkanes) is 2. The van der Waals surface area contributed by atoms with Gasteiger partial charge in [-0.25, -0.2) is 0 Å². The number of halogens is 2. The van der Waals surface area contributed by atoms with Crippen molar-refractivity contribution < 1.29 is 20.0 Å². The van der Waals surface area contributed by atoms with Gasteiger partial charge in [0.1, 0.15) is 0 Å². The second-order valence-electron chi connectivity index (χ2n) is 12.9. The monoisotopic (exact) mass is 788 g/mol. The minimum Gasteiger partial charge on any atom is -0.147 e. The second-order valence-corrected chi connectivity index (χ2v) is 29.5. The fourth-order valence-electron chi connectivity index (χ4n) is 8.55. The van der Waals surface area contributed by atoms with E-state index in [0.29, 0.717) is 0 Å². The number of rotatable bonds is 10. The van der Waals surface area contributed by atoms with Gasteiger partial charge in [-0.3, -0.25) is 0 Å². The fourth-order valence-corrected chi connectivity index (χ4v) is 31.3. The van der Waals surface area contributed by atoms with E-state index in [1.165, 1.54) is 67.2 Å². The van der Waals surface area contributed by atoms with Crippen molar-refractivity contribution in [3.05, 3.63) is 130 Å². The Kier molecular flexibility index (Phi) is 10.9. The van der Waals surface area contributed by atoms with Crippen molar-refractivity contribution in [3.63, 3.8) is 0 Å². The molecule has 0 nitrogen and oxygen atoms in total. The summed E-state index contributed by atoms with van der Waals surface area (Å²) in [7, 11) is 0. The predicted molar refractivity (Wildman–Crippen MR) is 193 cm³/mol. The summed E-state index contributed by atoms with van der Waals surface area (Å²) in [5.74, 6) is 0. The minimum atomic E-state index is -3.01. The average Bonchev–Trinajstić information content (AvgIpc) is 3.58. The van der Waals surface area contributed by atoms with Gasteiger partial charge in [0, 0.05) is 0 Å². The molecule has 1 heterocycles. The first kappa shape index (κ1) is 33.2. The molecule has 3 heteroatoms. The molecule has 7 rings (SSSR count). The molecule has 0 aromatic heterocycles. The third-order valence-electron chi connectivity index (χ3n) is 10.5. The van der Waals surface area contributed by atoms with Crippen LogP contribution in [-0.4, -0.2) is 0 Å². The molecule has 1 aliphatic heterocycles. The van der Waals surface area contributed by atoms with Crippen LogP contribution < -0.4 is 0 Å². The van der Waals surface area contributed by atoms with Crippen molar-refractivity contribution in [1.82, 2.24) is 0 Å². The van der Waals surface area contributed by atoms with Crippen LogP contribution in [0.2, 0.25) is 8.35 Å². The van der Waals surface area contributed by atoms with Crippen LogP contribution in [0.1, 0.15) is 88.4 Å². The number of allylic oxidation sites excluding steroid dienone is 2. The van der Waals surface area contributed by atoms with Crippen LogP contribution in [0, 0.1) is 0 Å². The Morgan fingerprint density at radius 3 is 1.34 bits per heavy atom. The standard InChI is InChI=1S/2C19H19.C3H6.2ClH.Hf/c2*1-2-3-8-15-13-17-11-7-12-18(19(17)14-15)16-9-5-4-6-10-16;1-3-2;;;/h2*4-7,9-14H,2-3,8H2,1H3;1-3H2;2*1H;. The SMILES string of the molecule is CCCCC1=Cc2c(-c3ccccc3)cccc2[CH]1[Hf]1([CH]2C(CCCC)=Cc3c(-c4ccccc4)cccc32)[CH2]C[CH2]1.Cl.Cl. The summed E-state index contributed by atoms with van der Waals surface area (Å²) in [5, 5.41) is 0. The maximum atomic E-state index is 2.68. The summed E-state index contributed by atoms with van der Waals surface area (Å²) in [4.78, 5) is 0. The average molecular weight is 788 g/mol. The quantitative estimate of drug-likeness (QED) is 0.140. The molecule has 2 unspecified atom stereocenters. The molecule has 1 fully saturated rings. The van der Waals surface area contributed by atoms with E-state index in [1.807, 2.05) is 0 Å².